The Morgan fingerprint density at radius 2 is 2.14 bits per heavy atom. The number of benzene rings is 1. The summed E-state index contributed by atoms with van der Waals surface area (Å²) >= 11 is 0. The van der Waals surface area contributed by atoms with Gasteiger partial charge in [0, 0.05) is 18.2 Å². The van der Waals surface area contributed by atoms with Crippen molar-refractivity contribution in [1.29, 1.82) is 0 Å². The third kappa shape index (κ3) is 4.60. The molecule has 1 aromatic heterocycles. The fourth-order valence-electron chi connectivity index (χ4n) is 2.12. The van der Waals surface area contributed by atoms with E-state index in [1.54, 1.807) is 6.07 Å². The van der Waals surface area contributed by atoms with Gasteiger partial charge in [0.05, 0.1) is 12.2 Å². The fraction of sp³-hybridized carbons (Fsp3) is 0.375. The minimum Gasteiger partial charge on any atom is -0.482 e. The van der Waals surface area contributed by atoms with E-state index < -0.39 is 5.97 Å². The van der Waals surface area contributed by atoms with E-state index in [0.717, 1.165) is 23.4 Å². The second kappa shape index (κ2) is 7.61. The standard InChI is InChI=1S/C16H20N2O4/c1-3-13-8-14(22-17-13)10-18(2)9-12-6-4-5-7-15(12)21-11-16(19)20/h4-8H,3,9-11H2,1-2H3,(H,19,20). The van der Waals surface area contributed by atoms with E-state index in [1.807, 2.05) is 38.2 Å². The van der Waals surface area contributed by atoms with Crippen LogP contribution in [0.3, 0.4) is 0 Å². The van der Waals surface area contributed by atoms with Gasteiger partial charge in [-0.25, -0.2) is 4.79 Å². The average Bonchev–Trinajstić information content (AvgIpc) is 2.93. The summed E-state index contributed by atoms with van der Waals surface area (Å²) in [4.78, 5) is 12.7. The van der Waals surface area contributed by atoms with Gasteiger partial charge in [0.1, 0.15) is 5.75 Å². The van der Waals surface area contributed by atoms with Gasteiger partial charge in [0.25, 0.3) is 0 Å². The highest BCUT2D eigenvalue weighted by atomic mass is 16.5. The molecule has 0 saturated carbocycles. The van der Waals surface area contributed by atoms with Gasteiger partial charge in [0.15, 0.2) is 12.4 Å². The van der Waals surface area contributed by atoms with E-state index in [1.165, 1.54) is 0 Å². The summed E-state index contributed by atoms with van der Waals surface area (Å²) in [6.45, 7) is 2.93. The van der Waals surface area contributed by atoms with Crippen molar-refractivity contribution in [3.8, 4) is 5.75 Å². The lowest BCUT2D eigenvalue weighted by molar-refractivity contribution is -0.139. The molecule has 0 saturated heterocycles. The van der Waals surface area contributed by atoms with E-state index in [0.29, 0.717) is 18.8 Å². The topological polar surface area (TPSA) is 75.8 Å². The van der Waals surface area contributed by atoms with Gasteiger partial charge in [0.2, 0.25) is 0 Å². The van der Waals surface area contributed by atoms with Crippen LogP contribution in [0.15, 0.2) is 34.9 Å². The molecule has 0 aliphatic carbocycles. The highest BCUT2D eigenvalue weighted by Gasteiger charge is 2.10. The molecule has 6 nitrogen and oxygen atoms in total. The summed E-state index contributed by atoms with van der Waals surface area (Å²) < 4.78 is 10.6. The number of aromatic nitrogens is 1. The van der Waals surface area contributed by atoms with Crippen LogP contribution in [0.5, 0.6) is 5.75 Å². The summed E-state index contributed by atoms with van der Waals surface area (Å²) in [7, 11) is 1.96. The Hall–Kier alpha value is -2.34. The third-order valence-electron chi connectivity index (χ3n) is 3.16. The number of ether oxygens (including phenoxy) is 1. The zero-order chi connectivity index (χ0) is 15.9. The lowest BCUT2D eigenvalue weighted by Gasteiger charge is -2.17. The van der Waals surface area contributed by atoms with Crippen LogP contribution >= 0.6 is 0 Å². The van der Waals surface area contributed by atoms with E-state index in [-0.39, 0.29) is 6.61 Å². The van der Waals surface area contributed by atoms with Gasteiger partial charge < -0.3 is 14.4 Å². The predicted octanol–water partition coefficient (Wildman–Crippen LogP) is 2.33. The van der Waals surface area contributed by atoms with Crippen molar-refractivity contribution in [3.05, 3.63) is 47.3 Å². The molecule has 2 rings (SSSR count). The van der Waals surface area contributed by atoms with Gasteiger partial charge in [-0.1, -0.05) is 30.3 Å². The molecule has 1 heterocycles. The molecule has 0 unspecified atom stereocenters. The molecular weight excluding hydrogens is 284 g/mol. The first-order valence-electron chi connectivity index (χ1n) is 7.14. The third-order valence-corrected chi connectivity index (χ3v) is 3.16. The molecule has 0 bridgehead atoms. The largest absolute Gasteiger partial charge is 0.482 e. The van der Waals surface area contributed by atoms with E-state index in [2.05, 4.69) is 10.1 Å². The van der Waals surface area contributed by atoms with Gasteiger partial charge in [-0.05, 0) is 19.5 Å². The van der Waals surface area contributed by atoms with Gasteiger partial charge in [-0.2, -0.15) is 0 Å². The zero-order valence-corrected chi connectivity index (χ0v) is 12.8. The Balaban J connectivity index is 1.98. The Kier molecular flexibility index (Phi) is 5.55. The van der Waals surface area contributed by atoms with Crippen LogP contribution in [-0.4, -0.2) is 34.8 Å². The summed E-state index contributed by atoms with van der Waals surface area (Å²) in [5.41, 5.74) is 1.87. The Bertz CT molecular complexity index is 624. The Morgan fingerprint density at radius 1 is 1.36 bits per heavy atom. The first kappa shape index (κ1) is 16.0. The van der Waals surface area contributed by atoms with Crippen molar-refractivity contribution in [1.82, 2.24) is 10.1 Å². The maximum atomic E-state index is 10.6. The summed E-state index contributed by atoms with van der Waals surface area (Å²) in [5, 5.41) is 12.7. The number of aliphatic carboxylic acids is 1. The second-order valence-corrected chi connectivity index (χ2v) is 5.10. The van der Waals surface area contributed by atoms with Crippen LogP contribution in [0.4, 0.5) is 0 Å². The summed E-state index contributed by atoms with van der Waals surface area (Å²) in [5.74, 6) is 0.406. The summed E-state index contributed by atoms with van der Waals surface area (Å²) in [6, 6.07) is 9.37. The van der Waals surface area contributed by atoms with Gasteiger partial charge >= 0.3 is 5.97 Å². The van der Waals surface area contributed by atoms with Crippen LogP contribution in [0, 0.1) is 0 Å². The van der Waals surface area contributed by atoms with Crippen LogP contribution in [0.2, 0.25) is 0 Å². The smallest absolute Gasteiger partial charge is 0.341 e. The van der Waals surface area contributed by atoms with E-state index in [4.69, 9.17) is 14.4 Å². The number of rotatable bonds is 8. The molecule has 0 atom stereocenters. The average molecular weight is 304 g/mol. The van der Waals surface area contributed by atoms with Crippen molar-refractivity contribution < 1.29 is 19.2 Å². The van der Waals surface area contributed by atoms with Crippen molar-refractivity contribution in [2.75, 3.05) is 13.7 Å². The lowest BCUT2D eigenvalue weighted by Crippen LogP contribution is -2.18. The molecule has 0 spiro atoms. The molecular formula is C16H20N2O4. The zero-order valence-electron chi connectivity index (χ0n) is 12.8. The van der Waals surface area contributed by atoms with Crippen LogP contribution in [0.25, 0.3) is 0 Å². The van der Waals surface area contributed by atoms with Crippen molar-refractivity contribution in [3.63, 3.8) is 0 Å². The maximum Gasteiger partial charge on any atom is 0.341 e. The molecule has 118 valence electrons. The molecule has 0 fully saturated rings. The van der Waals surface area contributed by atoms with Crippen LogP contribution in [0.1, 0.15) is 23.9 Å². The first-order valence-corrected chi connectivity index (χ1v) is 7.14. The number of carbonyl (C=O) groups is 1. The quantitative estimate of drug-likeness (QED) is 0.806. The van der Waals surface area contributed by atoms with E-state index in [9.17, 15) is 4.79 Å². The van der Waals surface area contributed by atoms with Gasteiger partial charge in [-0.15, -0.1) is 0 Å². The molecule has 1 N–H and O–H groups in total. The molecule has 0 aliphatic heterocycles. The fourth-order valence-corrected chi connectivity index (χ4v) is 2.12. The van der Waals surface area contributed by atoms with E-state index >= 15 is 0 Å². The number of carboxylic acids is 1. The SMILES string of the molecule is CCc1cc(CN(C)Cc2ccccc2OCC(=O)O)on1. The lowest BCUT2D eigenvalue weighted by atomic mass is 10.2. The number of nitrogens with zero attached hydrogens (tertiary/aromatic N) is 2. The van der Waals surface area contributed by atoms with Crippen LogP contribution in [-0.2, 0) is 24.3 Å². The normalized spacial score (nSPS) is 10.9. The summed E-state index contributed by atoms with van der Waals surface area (Å²) in [6.07, 6.45) is 0.846. The highest BCUT2D eigenvalue weighted by Crippen LogP contribution is 2.20. The first-order chi connectivity index (χ1) is 10.6. The highest BCUT2D eigenvalue weighted by molar-refractivity contribution is 5.68. The minimum atomic E-state index is -0.989. The number of hydrogen-bond acceptors (Lipinski definition) is 5. The molecule has 2 aromatic rings. The van der Waals surface area contributed by atoms with Crippen LogP contribution < -0.4 is 4.74 Å². The number of aryl methyl sites for hydroxylation is 1. The minimum absolute atomic E-state index is 0.345. The molecule has 0 amide bonds. The Labute approximate surface area is 129 Å². The monoisotopic (exact) mass is 304 g/mol. The van der Waals surface area contributed by atoms with Crippen molar-refractivity contribution in [2.45, 2.75) is 26.4 Å². The molecule has 6 heteroatoms. The molecule has 22 heavy (non-hydrogen) atoms. The molecule has 0 aliphatic rings. The maximum absolute atomic E-state index is 10.6. The second-order valence-electron chi connectivity index (χ2n) is 5.10. The number of para-hydroxylation sites is 1. The number of carboxylic acid groups (broad SMARTS) is 1. The predicted molar refractivity (Wildman–Crippen MR) is 80.6 cm³/mol. The van der Waals surface area contributed by atoms with Gasteiger partial charge in [-0.3, -0.25) is 4.90 Å². The Morgan fingerprint density at radius 3 is 2.82 bits per heavy atom. The number of hydrogen-bond donors (Lipinski definition) is 1. The van der Waals surface area contributed by atoms with Crippen molar-refractivity contribution >= 4 is 5.97 Å². The molecule has 0 radical (unpaired) electrons. The molecule has 1 aromatic carbocycles. The van der Waals surface area contributed by atoms with Crippen molar-refractivity contribution in [2.24, 2.45) is 0 Å².